The van der Waals surface area contributed by atoms with Gasteiger partial charge in [0.1, 0.15) is 6.10 Å². The fourth-order valence-corrected chi connectivity index (χ4v) is 0.479. The SMILES string of the molecule is OCC(CO)OCS. The predicted octanol–water partition coefficient (Wildman–Crippen LogP) is -0.757. The molecule has 0 aromatic carbocycles. The molecule has 0 aliphatic heterocycles. The minimum absolute atomic E-state index is 0.156. The topological polar surface area (TPSA) is 49.7 Å². The minimum Gasteiger partial charge on any atom is -0.394 e. The van der Waals surface area contributed by atoms with Gasteiger partial charge in [0.15, 0.2) is 0 Å². The first-order valence-electron chi connectivity index (χ1n) is 2.29. The third-order valence-corrected chi connectivity index (χ3v) is 0.867. The molecule has 0 saturated heterocycles. The lowest BCUT2D eigenvalue weighted by molar-refractivity contribution is 0.00256. The van der Waals surface area contributed by atoms with E-state index in [1.54, 1.807) is 0 Å². The standard InChI is InChI=1S/C4H10O3S/c5-1-4(2-6)7-3-8/h4-6,8H,1-3H2. The Bertz CT molecular complexity index is 46.5. The highest BCUT2D eigenvalue weighted by Crippen LogP contribution is 1.89. The summed E-state index contributed by atoms with van der Waals surface area (Å²) < 4.78 is 4.70. The number of hydrogen-bond acceptors (Lipinski definition) is 4. The molecule has 8 heavy (non-hydrogen) atoms. The van der Waals surface area contributed by atoms with Crippen LogP contribution in [-0.2, 0) is 4.74 Å². The molecule has 0 bridgehead atoms. The first kappa shape index (κ1) is 8.23. The van der Waals surface area contributed by atoms with Gasteiger partial charge in [-0.2, -0.15) is 12.6 Å². The fourth-order valence-electron chi connectivity index (χ4n) is 0.269. The zero-order chi connectivity index (χ0) is 6.41. The van der Waals surface area contributed by atoms with E-state index in [-0.39, 0.29) is 19.2 Å². The Morgan fingerprint density at radius 1 is 1.38 bits per heavy atom. The smallest absolute Gasteiger partial charge is 0.105 e. The van der Waals surface area contributed by atoms with Crippen molar-refractivity contribution >= 4 is 12.6 Å². The lowest BCUT2D eigenvalue weighted by Crippen LogP contribution is -2.21. The quantitative estimate of drug-likeness (QED) is 0.353. The fraction of sp³-hybridized carbons (Fsp3) is 1.00. The Morgan fingerprint density at radius 3 is 2.00 bits per heavy atom. The normalized spacial score (nSPS) is 10.5. The Morgan fingerprint density at radius 2 is 1.88 bits per heavy atom. The number of rotatable bonds is 4. The van der Waals surface area contributed by atoms with E-state index in [1.807, 2.05) is 0 Å². The average molecular weight is 138 g/mol. The average Bonchev–Trinajstić information content (AvgIpc) is 1.83. The van der Waals surface area contributed by atoms with Gasteiger partial charge in [-0.3, -0.25) is 0 Å². The van der Waals surface area contributed by atoms with Crippen molar-refractivity contribution in [2.75, 3.05) is 19.2 Å². The lowest BCUT2D eigenvalue weighted by Gasteiger charge is -2.08. The van der Waals surface area contributed by atoms with Crippen LogP contribution in [0.1, 0.15) is 0 Å². The molecule has 0 rings (SSSR count). The van der Waals surface area contributed by atoms with Gasteiger partial charge in [-0.15, -0.1) is 0 Å². The van der Waals surface area contributed by atoms with Crippen LogP contribution in [0.3, 0.4) is 0 Å². The van der Waals surface area contributed by atoms with Crippen LogP contribution in [0.2, 0.25) is 0 Å². The van der Waals surface area contributed by atoms with E-state index in [0.29, 0.717) is 0 Å². The third-order valence-electron chi connectivity index (χ3n) is 0.718. The largest absolute Gasteiger partial charge is 0.394 e. The summed E-state index contributed by atoms with van der Waals surface area (Å²) >= 11 is 3.72. The maximum Gasteiger partial charge on any atom is 0.105 e. The molecule has 4 heteroatoms. The van der Waals surface area contributed by atoms with Crippen molar-refractivity contribution in [2.45, 2.75) is 6.10 Å². The van der Waals surface area contributed by atoms with Crippen molar-refractivity contribution in [3.63, 3.8) is 0 Å². The first-order valence-corrected chi connectivity index (χ1v) is 2.92. The van der Waals surface area contributed by atoms with E-state index < -0.39 is 6.10 Å². The lowest BCUT2D eigenvalue weighted by atomic mass is 10.4. The zero-order valence-electron chi connectivity index (χ0n) is 4.45. The highest BCUT2D eigenvalue weighted by Gasteiger charge is 2.01. The van der Waals surface area contributed by atoms with E-state index in [1.165, 1.54) is 0 Å². The molecular weight excluding hydrogens is 128 g/mol. The van der Waals surface area contributed by atoms with Crippen LogP contribution >= 0.6 is 12.6 Å². The third kappa shape index (κ3) is 3.26. The minimum atomic E-state index is -0.465. The molecule has 50 valence electrons. The second-order valence-electron chi connectivity index (χ2n) is 1.28. The maximum absolute atomic E-state index is 8.34. The van der Waals surface area contributed by atoms with Crippen LogP contribution < -0.4 is 0 Å². The van der Waals surface area contributed by atoms with Crippen molar-refractivity contribution in [2.24, 2.45) is 0 Å². The summed E-state index contributed by atoms with van der Waals surface area (Å²) in [5.41, 5.74) is 0. The molecule has 0 spiro atoms. The molecule has 0 fully saturated rings. The Kier molecular flexibility index (Phi) is 5.52. The van der Waals surface area contributed by atoms with E-state index in [4.69, 9.17) is 14.9 Å². The van der Waals surface area contributed by atoms with Gasteiger partial charge >= 0.3 is 0 Å². The molecule has 0 aliphatic rings. The van der Waals surface area contributed by atoms with Crippen molar-refractivity contribution in [1.29, 1.82) is 0 Å². The van der Waals surface area contributed by atoms with Gasteiger partial charge in [0.25, 0.3) is 0 Å². The summed E-state index contributed by atoms with van der Waals surface area (Å²) in [7, 11) is 0. The molecule has 0 heterocycles. The van der Waals surface area contributed by atoms with E-state index in [2.05, 4.69) is 12.6 Å². The molecule has 3 nitrogen and oxygen atoms in total. The Labute approximate surface area is 53.7 Å². The highest BCUT2D eigenvalue weighted by molar-refractivity contribution is 7.80. The number of aliphatic hydroxyl groups is 2. The summed E-state index contributed by atoms with van der Waals surface area (Å²) in [6.45, 7) is -0.311. The predicted molar refractivity (Wildman–Crippen MR) is 32.9 cm³/mol. The van der Waals surface area contributed by atoms with Gasteiger partial charge in [0, 0.05) is 0 Å². The molecular formula is C4H10O3S. The van der Waals surface area contributed by atoms with Crippen molar-refractivity contribution in [3.8, 4) is 0 Å². The van der Waals surface area contributed by atoms with Crippen LogP contribution in [0, 0.1) is 0 Å². The zero-order valence-corrected chi connectivity index (χ0v) is 5.34. The van der Waals surface area contributed by atoms with E-state index in [9.17, 15) is 0 Å². The number of thiol groups is 1. The molecule has 0 atom stereocenters. The van der Waals surface area contributed by atoms with Crippen LogP contribution in [0.25, 0.3) is 0 Å². The first-order chi connectivity index (χ1) is 3.85. The molecule has 2 N–H and O–H groups in total. The summed E-state index contributed by atoms with van der Waals surface area (Å²) in [5.74, 6) is 0.228. The van der Waals surface area contributed by atoms with Crippen LogP contribution in [0.15, 0.2) is 0 Å². The molecule has 0 amide bonds. The highest BCUT2D eigenvalue weighted by atomic mass is 32.1. The molecule has 0 aromatic heterocycles. The number of hydrogen-bond donors (Lipinski definition) is 3. The van der Waals surface area contributed by atoms with Gasteiger partial charge in [0.05, 0.1) is 19.2 Å². The van der Waals surface area contributed by atoms with Gasteiger partial charge in [0.2, 0.25) is 0 Å². The van der Waals surface area contributed by atoms with Gasteiger partial charge in [-0.1, -0.05) is 0 Å². The summed E-state index contributed by atoms with van der Waals surface area (Å²) in [5, 5.41) is 16.7. The van der Waals surface area contributed by atoms with E-state index >= 15 is 0 Å². The molecule has 0 radical (unpaired) electrons. The molecule has 0 aromatic rings. The Balaban J connectivity index is 3.07. The second kappa shape index (κ2) is 5.37. The summed E-state index contributed by atoms with van der Waals surface area (Å²) in [4.78, 5) is 0. The molecule has 0 unspecified atom stereocenters. The maximum atomic E-state index is 8.34. The van der Waals surface area contributed by atoms with Crippen molar-refractivity contribution in [1.82, 2.24) is 0 Å². The van der Waals surface area contributed by atoms with Crippen molar-refractivity contribution in [3.05, 3.63) is 0 Å². The summed E-state index contributed by atoms with van der Waals surface area (Å²) in [6.07, 6.45) is -0.465. The van der Waals surface area contributed by atoms with E-state index in [0.717, 1.165) is 0 Å². The van der Waals surface area contributed by atoms with Crippen LogP contribution in [0.4, 0.5) is 0 Å². The van der Waals surface area contributed by atoms with Crippen LogP contribution in [0.5, 0.6) is 0 Å². The van der Waals surface area contributed by atoms with Crippen LogP contribution in [-0.4, -0.2) is 35.5 Å². The monoisotopic (exact) mass is 138 g/mol. The van der Waals surface area contributed by atoms with Crippen molar-refractivity contribution < 1.29 is 14.9 Å². The molecule has 0 aliphatic carbocycles. The number of ether oxygens (including phenoxy) is 1. The number of aliphatic hydroxyl groups excluding tert-OH is 2. The summed E-state index contributed by atoms with van der Waals surface area (Å²) in [6, 6.07) is 0. The molecule has 0 saturated carbocycles. The van der Waals surface area contributed by atoms with Gasteiger partial charge in [-0.05, 0) is 0 Å². The second-order valence-corrected chi connectivity index (χ2v) is 1.54. The van der Waals surface area contributed by atoms with Gasteiger partial charge < -0.3 is 14.9 Å². The Hall–Kier alpha value is 0.230. The van der Waals surface area contributed by atoms with Gasteiger partial charge in [-0.25, -0.2) is 0 Å².